The van der Waals surface area contributed by atoms with Crippen LogP contribution in [-0.4, -0.2) is 79.4 Å². The van der Waals surface area contributed by atoms with Gasteiger partial charge >= 0.3 is 0 Å². The summed E-state index contributed by atoms with van der Waals surface area (Å²) in [5.41, 5.74) is 0. The fourth-order valence-electron chi connectivity index (χ4n) is 3.05. The molecule has 0 atom stereocenters. The van der Waals surface area contributed by atoms with Crippen LogP contribution in [-0.2, 0) is 9.59 Å². The van der Waals surface area contributed by atoms with Crippen LogP contribution in [0.5, 0.6) is 5.75 Å². The third-order valence-electron chi connectivity index (χ3n) is 4.81. The molecule has 3 rings (SSSR count). The van der Waals surface area contributed by atoms with Crippen LogP contribution in [0, 0.1) is 11.7 Å². The van der Waals surface area contributed by atoms with Crippen molar-refractivity contribution in [2.75, 3.05) is 52.9 Å². The van der Waals surface area contributed by atoms with Crippen LogP contribution in [0.4, 0.5) is 4.39 Å². The fraction of sp³-hybridized carbons (Fsp3) is 0.579. The number of amides is 2. The summed E-state index contributed by atoms with van der Waals surface area (Å²) >= 11 is 0. The number of hydrogen-bond acceptors (Lipinski definition) is 4. The molecule has 1 heterocycles. The predicted molar refractivity (Wildman–Crippen MR) is 95.3 cm³/mol. The van der Waals surface area contributed by atoms with Gasteiger partial charge in [0.1, 0.15) is 18.2 Å². The quantitative estimate of drug-likeness (QED) is 0.731. The molecule has 0 aromatic heterocycles. The number of benzene rings is 1. The summed E-state index contributed by atoms with van der Waals surface area (Å²) in [7, 11) is 1.86. The van der Waals surface area contributed by atoms with Crippen LogP contribution in [0.1, 0.15) is 12.8 Å². The number of rotatable bonds is 7. The Morgan fingerprint density at radius 3 is 2.54 bits per heavy atom. The van der Waals surface area contributed by atoms with Crippen LogP contribution in [0.2, 0.25) is 0 Å². The lowest BCUT2D eigenvalue weighted by Gasteiger charge is -2.35. The van der Waals surface area contributed by atoms with Crippen molar-refractivity contribution in [1.82, 2.24) is 14.7 Å². The van der Waals surface area contributed by atoms with Gasteiger partial charge in [-0.3, -0.25) is 14.5 Å². The molecule has 1 aromatic rings. The highest BCUT2D eigenvalue weighted by molar-refractivity contribution is 5.82. The molecular formula is C19H26FN3O3. The van der Waals surface area contributed by atoms with E-state index in [1.54, 1.807) is 12.1 Å². The minimum atomic E-state index is -0.328. The summed E-state index contributed by atoms with van der Waals surface area (Å²) < 4.78 is 18.6. The molecule has 142 valence electrons. The van der Waals surface area contributed by atoms with Crippen LogP contribution < -0.4 is 4.74 Å². The summed E-state index contributed by atoms with van der Waals surface area (Å²) in [4.78, 5) is 30.0. The maximum absolute atomic E-state index is 13.1. The van der Waals surface area contributed by atoms with Gasteiger partial charge in [0.2, 0.25) is 11.8 Å². The van der Waals surface area contributed by atoms with Gasteiger partial charge in [-0.15, -0.1) is 0 Å². The molecule has 26 heavy (non-hydrogen) atoms. The first-order valence-corrected chi connectivity index (χ1v) is 9.16. The van der Waals surface area contributed by atoms with Crippen molar-refractivity contribution in [3.05, 3.63) is 30.1 Å². The molecule has 1 aliphatic carbocycles. The lowest BCUT2D eigenvalue weighted by atomic mass is 10.2. The molecule has 1 aromatic carbocycles. The van der Waals surface area contributed by atoms with E-state index in [9.17, 15) is 14.0 Å². The van der Waals surface area contributed by atoms with E-state index >= 15 is 0 Å². The Morgan fingerprint density at radius 1 is 1.19 bits per heavy atom. The largest absolute Gasteiger partial charge is 0.492 e. The van der Waals surface area contributed by atoms with Crippen LogP contribution in [0.25, 0.3) is 0 Å². The average Bonchev–Trinajstić information content (AvgIpc) is 3.46. The summed E-state index contributed by atoms with van der Waals surface area (Å²) in [6.45, 7) is 3.74. The lowest BCUT2D eigenvalue weighted by Crippen LogP contribution is -2.52. The maximum Gasteiger partial charge on any atom is 0.236 e. The maximum atomic E-state index is 13.1. The van der Waals surface area contributed by atoms with Gasteiger partial charge in [0.05, 0.1) is 6.54 Å². The predicted octanol–water partition coefficient (Wildman–Crippen LogP) is 1.22. The van der Waals surface area contributed by atoms with Gasteiger partial charge in [-0.25, -0.2) is 4.39 Å². The van der Waals surface area contributed by atoms with Crippen molar-refractivity contribution in [2.45, 2.75) is 12.8 Å². The second-order valence-electron chi connectivity index (χ2n) is 7.02. The smallest absolute Gasteiger partial charge is 0.236 e. The minimum absolute atomic E-state index is 0.0665. The van der Waals surface area contributed by atoms with E-state index in [4.69, 9.17) is 4.74 Å². The molecule has 0 bridgehead atoms. The molecule has 7 heteroatoms. The Bertz CT molecular complexity index is 643. The summed E-state index contributed by atoms with van der Waals surface area (Å²) in [5.74, 6) is 0.716. The van der Waals surface area contributed by atoms with Gasteiger partial charge in [0.25, 0.3) is 0 Å². The number of carbonyl (C=O) groups is 2. The van der Waals surface area contributed by atoms with Crippen molar-refractivity contribution in [3.8, 4) is 5.75 Å². The van der Waals surface area contributed by atoms with Crippen LogP contribution >= 0.6 is 0 Å². The van der Waals surface area contributed by atoms with Crippen molar-refractivity contribution >= 4 is 11.8 Å². The van der Waals surface area contributed by atoms with Gasteiger partial charge in [0.15, 0.2) is 0 Å². The Hall–Kier alpha value is -2.15. The second kappa shape index (κ2) is 8.49. The highest BCUT2D eigenvalue weighted by atomic mass is 19.1. The van der Waals surface area contributed by atoms with Crippen molar-refractivity contribution in [2.24, 2.45) is 5.92 Å². The highest BCUT2D eigenvalue weighted by Crippen LogP contribution is 2.31. The lowest BCUT2D eigenvalue weighted by molar-refractivity contribution is -0.140. The van der Waals surface area contributed by atoms with Gasteiger partial charge in [-0.2, -0.15) is 0 Å². The molecular weight excluding hydrogens is 337 g/mol. The van der Waals surface area contributed by atoms with Gasteiger partial charge in [-0.1, -0.05) is 6.07 Å². The zero-order chi connectivity index (χ0) is 18.5. The molecule has 0 N–H and O–H groups in total. The van der Waals surface area contributed by atoms with E-state index in [1.807, 2.05) is 21.7 Å². The molecule has 1 saturated carbocycles. The Kier molecular flexibility index (Phi) is 6.08. The standard InChI is InChI=1S/C19H26FN3O3/c1-21(11-12-26-17-4-2-3-16(20)13-17)14-18(24)22-7-9-23(10-8-22)19(25)15-5-6-15/h2-4,13,15H,5-12,14H2,1H3. The number of hydrogen-bond donors (Lipinski definition) is 0. The molecule has 1 aliphatic heterocycles. The number of nitrogens with zero attached hydrogens (tertiary/aromatic N) is 3. The van der Waals surface area contributed by atoms with E-state index in [2.05, 4.69) is 0 Å². The monoisotopic (exact) mass is 363 g/mol. The minimum Gasteiger partial charge on any atom is -0.492 e. The molecule has 6 nitrogen and oxygen atoms in total. The van der Waals surface area contributed by atoms with Crippen molar-refractivity contribution < 1.29 is 18.7 Å². The number of likely N-dealkylation sites (N-methyl/N-ethyl adjacent to an activating group) is 1. The number of carbonyl (C=O) groups excluding carboxylic acids is 2. The van der Waals surface area contributed by atoms with E-state index in [0.717, 1.165) is 12.8 Å². The summed E-state index contributed by atoms with van der Waals surface area (Å²) in [5, 5.41) is 0. The molecule has 2 fully saturated rings. The number of halogens is 1. The third-order valence-corrected chi connectivity index (χ3v) is 4.81. The van der Waals surface area contributed by atoms with Gasteiger partial charge < -0.3 is 14.5 Å². The summed E-state index contributed by atoms with van der Waals surface area (Å²) in [6, 6.07) is 6.02. The Morgan fingerprint density at radius 2 is 1.88 bits per heavy atom. The van der Waals surface area contributed by atoms with Crippen molar-refractivity contribution in [3.63, 3.8) is 0 Å². The SMILES string of the molecule is CN(CCOc1cccc(F)c1)CC(=O)N1CCN(C(=O)C2CC2)CC1. The zero-order valence-corrected chi connectivity index (χ0v) is 15.2. The first-order chi connectivity index (χ1) is 12.5. The molecule has 0 radical (unpaired) electrons. The van der Waals surface area contributed by atoms with Crippen LogP contribution in [0.3, 0.4) is 0 Å². The number of ether oxygens (including phenoxy) is 1. The number of piperazine rings is 1. The van der Waals surface area contributed by atoms with Gasteiger partial charge in [0, 0.05) is 44.7 Å². The third kappa shape index (κ3) is 5.17. The zero-order valence-electron chi connectivity index (χ0n) is 15.2. The highest BCUT2D eigenvalue weighted by Gasteiger charge is 2.35. The normalized spacial score (nSPS) is 17.5. The van der Waals surface area contributed by atoms with E-state index in [0.29, 0.717) is 51.6 Å². The van der Waals surface area contributed by atoms with Crippen LogP contribution in [0.15, 0.2) is 24.3 Å². The van der Waals surface area contributed by atoms with Crippen molar-refractivity contribution in [1.29, 1.82) is 0 Å². The molecule has 2 amide bonds. The first kappa shape index (κ1) is 18.6. The second-order valence-corrected chi connectivity index (χ2v) is 7.02. The summed E-state index contributed by atoms with van der Waals surface area (Å²) in [6.07, 6.45) is 2.03. The average molecular weight is 363 g/mol. The fourth-order valence-corrected chi connectivity index (χ4v) is 3.05. The molecule has 0 spiro atoms. The van der Waals surface area contributed by atoms with Gasteiger partial charge in [-0.05, 0) is 32.0 Å². The molecule has 2 aliphatic rings. The van der Waals surface area contributed by atoms with E-state index in [-0.39, 0.29) is 23.5 Å². The Balaban J connectivity index is 1.34. The topological polar surface area (TPSA) is 53.1 Å². The van der Waals surface area contributed by atoms with E-state index in [1.165, 1.54) is 12.1 Å². The Labute approximate surface area is 153 Å². The molecule has 0 unspecified atom stereocenters. The molecule has 1 saturated heterocycles. The first-order valence-electron chi connectivity index (χ1n) is 9.16. The van der Waals surface area contributed by atoms with E-state index < -0.39 is 0 Å².